The van der Waals surface area contributed by atoms with Crippen LogP contribution in [-0.2, 0) is 0 Å². The molecule has 1 N–H and O–H groups in total. The second-order valence-corrected chi connectivity index (χ2v) is 6.18. The van der Waals surface area contributed by atoms with Gasteiger partial charge in [-0.05, 0) is 35.9 Å². The number of benzene rings is 2. The van der Waals surface area contributed by atoms with Crippen LogP contribution in [0.5, 0.6) is 0 Å². The van der Waals surface area contributed by atoms with Gasteiger partial charge in [0.05, 0.1) is 5.04 Å². The highest BCUT2D eigenvalue weighted by Crippen LogP contribution is 2.23. The Balaban J connectivity index is 1.90. The minimum absolute atomic E-state index is 0.738. The van der Waals surface area contributed by atoms with Crippen molar-refractivity contribution in [3.05, 3.63) is 71.3 Å². The van der Waals surface area contributed by atoms with Crippen LogP contribution in [0.2, 0.25) is 5.02 Å². The van der Waals surface area contributed by atoms with Crippen LogP contribution in [0.3, 0.4) is 0 Å². The average molecular weight is 315 g/mol. The van der Waals surface area contributed by atoms with E-state index in [0.29, 0.717) is 0 Å². The van der Waals surface area contributed by atoms with Crippen molar-refractivity contribution in [3.63, 3.8) is 0 Å². The van der Waals surface area contributed by atoms with Gasteiger partial charge < -0.3 is 5.32 Å². The minimum Gasteiger partial charge on any atom is -0.355 e. The Bertz CT molecular complexity index is 663. The third-order valence-corrected chi connectivity index (χ3v) is 4.27. The summed E-state index contributed by atoms with van der Waals surface area (Å²) < 4.78 is 0. The first-order valence-corrected chi connectivity index (χ1v) is 8.14. The molecule has 0 radical (unpaired) electrons. The number of nitrogens with zero attached hydrogens (tertiary/aromatic N) is 1. The molecule has 21 heavy (non-hydrogen) atoms. The molecular weight excluding hydrogens is 300 g/mol. The summed E-state index contributed by atoms with van der Waals surface area (Å²) in [5.74, 6) is 1.06. The standard InChI is InChI=1S/C17H15ClN2S/c18-14-6-8-15(9-7-14)20-16(12-17-19-10-11-21-17)13-4-2-1-3-5-13/h1-9,12,20H,10-11H2/b16-12-. The van der Waals surface area contributed by atoms with E-state index in [9.17, 15) is 0 Å². The Hall–Kier alpha value is -1.71. The molecule has 2 aromatic rings. The van der Waals surface area contributed by atoms with Gasteiger partial charge >= 0.3 is 0 Å². The van der Waals surface area contributed by atoms with Crippen LogP contribution in [0.4, 0.5) is 5.69 Å². The zero-order valence-corrected chi connectivity index (χ0v) is 13.0. The highest BCUT2D eigenvalue weighted by molar-refractivity contribution is 8.14. The smallest absolute Gasteiger partial charge is 0.0926 e. The van der Waals surface area contributed by atoms with Crippen molar-refractivity contribution < 1.29 is 0 Å². The van der Waals surface area contributed by atoms with Gasteiger partial charge in [0.15, 0.2) is 0 Å². The van der Waals surface area contributed by atoms with E-state index < -0.39 is 0 Å². The fraction of sp³-hybridized carbons (Fsp3) is 0.118. The summed E-state index contributed by atoms with van der Waals surface area (Å²) in [6.07, 6.45) is 2.11. The summed E-state index contributed by atoms with van der Waals surface area (Å²) in [4.78, 5) is 4.50. The average Bonchev–Trinajstić information content (AvgIpc) is 3.03. The molecule has 106 valence electrons. The van der Waals surface area contributed by atoms with Crippen LogP contribution in [0.1, 0.15) is 5.56 Å². The molecule has 0 aromatic heterocycles. The van der Waals surface area contributed by atoms with Crippen LogP contribution in [0.15, 0.2) is 65.7 Å². The van der Waals surface area contributed by atoms with E-state index in [1.165, 1.54) is 0 Å². The first kappa shape index (κ1) is 14.2. The van der Waals surface area contributed by atoms with Crippen LogP contribution in [0.25, 0.3) is 5.70 Å². The number of aliphatic imine (C=N–C) groups is 1. The van der Waals surface area contributed by atoms with Gasteiger partial charge in [0.2, 0.25) is 0 Å². The van der Waals surface area contributed by atoms with Crippen molar-refractivity contribution in [2.45, 2.75) is 0 Å². The predicted octanol–water partition coefficient (Wildman–Crippen LogP) is 4.94. The zero-order chi connectivity index (χ0) is 14.5. The lowest BCUT2D eigenvalue weighted by molar-refractivity contribution is 1.18. The van der Waals surface area contributed by atoms with Gasteiger partial charge in [-0.2, -0.15) is 0 Å². The molecule has 0 unspecified atom stereocenters. The third kappa shape index (κ3) is 3.90. The first-order valence-electron chi connectivity index (χ1n) is 6.78. The second-order valence-electron chi connectivity index (χ2n) is 4.62. The van der Waals surface area contributed by atoms with Crippen molar-refractivity contribution >= 4 is 39.8 Å². The maximum absolute atomic E-state index is 5.94. The van der Waals surface area contributed by atoms with Gasteiger partial charge in [-0.25, -0.2) is 0 Å². The molecule has 2 aromatic carbocycles. The zero-order valence-electron chi connectivity index (χ0n) is 11.4. The number of halogens is 1. The molecule has 3 rings (SSSR count). The molecule has 0 atom stereocenters. The summed E-state index contributed by atoms with van der Waals surface area (Å²) in [6.45, 7) is 0.902. The SMILES string of the molecule is Clc1ccc(N/C(=C\C2=NCCS2)c2ccccc2)cc1. The van der Waals surface area contributed by atoms with Crippen molar-refractivity contribution in [2.24, 2.45) is 4.99 Å². The molecule has 0 spiro atoms. The summed E-state index contributed by atoms with van der Waals surface area (Å²) in [6, 6.07) is 18.0. The molecule has 1 heterocycles. The Morgan fingerprint density at radius 3 is 2.52 bits per heavy atom. The van der Waals surface area contributed by atoms with E-state index in [2.05, 4.69) is 28.5 Å². The van der Waals surface area contributed by atoms with Gasteiger partial charge in [-0.3, -0.25) is 4.99 Å². The molecule has 2 nitrogen and oxygen atoms in total. The lowest BCUT2D eigenvalue weighted by Gasteiger charge is -2.12. The van der Waals surface area contributed by atoms with Crippen molar-refractivity contribution in [3.8, 4) is 0 Å². The van der Waals surface area contributed by atoms with Crippen LogP contribution in [-0.4, -0.2) is 17.3 Å². The van der Waals surface area contributed by atoms with Gasteiger partial charge in [-0.1, -0.05) is 41.9 Å². The molecule has 0 aliphatic carbocycles. The molecule has 0 saturated carbocycles. The molecule has 0 fully saturated rings. The number of rotatable bonds is 4. The largest absolute Gasteiger partial charge is 0.355 e. The maximum Gasteiger partial charge on any atom is 0.0926 e. The molecular formula is C17H15ClN2S. The van der Waals surface area contributed by atoms with E-state index in [4.69, 9.17) is 11.6 Å². The van der Waals surface area contributed by atoms with Crippen molar-refractivity contribution in [1.29, 1.82) is 0 Å². The number of anilines is 1. The lowest BCUT2D eigenvalue weighted by atomic mass is 10.1. The minimum atomic E-state index is 0.738. The Labute approximate surface area is 133 Å². The maximum atomic E-state index is 5.94. The quantitative estimate of drug-likeness (QED) is 0.864. The van der Waals surface area contributed by atoms with Gasteiger partial charge in [0.1, 0.15) is 0 Å². The Kier molecular flexibility index (Phi) is 4.63. The van der Waals surface area contributed by atoms with Gasteiger partial charge in [-0.15, -0.1) is 11.8 Å². The number of hydrogen-bond donors (Lipinski definition) is 1. The third-order valence-electron chi connectivity index (χ3n) is 3.08. The van der Waals surface area contributed by atoms with Crippen LogP contribution < -0.4 is 5.32 Å². The normalized spacial score (nSPS) is 14.9. The van der Waals surface area contributed by atoms with Crippen LogP contribution in [0, 0.1) is 0 Å². The summed E-state index contributed by atoms with van der Waals surface area (Å²) in [7, 11) is 0. The molecule has 0 bridgehead atoms. The Morgan fingerprint density at radius 2 is 1.86 bits per heavy atom. The van der Waals surface area contributed by atoms with E-state index in [1.807, 2.05) is 42.5 Å². The predicted molar refractivity (Wildman–Crippen MR) is 94.3 cm³/mol. The molecule has 0 saturated heterocycles. The molecule has 1 aliphatic rings. The van der Waals surface area contributed by atoms with Gasteiger partial charge in [0.25, 0.3) is 0 Å². The van der Waals surface area contributed by atoms with E-state index in [0.717, 1.165) is 39.3 Å². The molecule has 0 amide bonds. The van der Waals surface area contributed by atoms with E-state index in [1.54, 1.807) is 11.8 Å². The fourth-order valence-electron chi connectivity index (χ4n) is 2.06. The lowest BCUT2D eigenvalue weighted by Crippen LogP contribution is -2.00. The topological polar surface area (TPSA) is 24.4 Å². The van der Waals surface area contributed by atoms with E-state index in [-0.39, 0.29) is 0 Å². The van der Waals surface area contributed by atoms with Crippen LogP contribution >= 0.6 is 23.4 Å². The fourth-order valence-corrected chi connectivity index (χ4v) is 2.96. The molecule has 1 aliphatic heterocycles. The molecule has 4 heteroatoms. The highest BCUT2D eigenvalue weighted by Gasteiger charge is 2.08. The second kappa shape index (κ2) is 6.83. The first-order chi connectivity index (χ1) is 10.3. The van der Waals surface area contributed by atoms with Crippen molar-refractivity contribution in [1.82, 2.24) is 0 Å². The van der Waals surface area contributed by atoms with Gasteiger partial charge in [0, 0.05) is 28.7 Å². The summed E-state index contributed by atoms with van der Waals surface area (Å²) >= 11 is 7.73. The number of hydrogen-bond acceptors (Lipinski definition) is 3. The number of thioether (sulfide) groups is 1. The summed E-state index contributed by atoms with van der Waals surface area (Å²) in [5.41, 5.74) is 3.20. The number of nitrogens with one attached hydrogen (secondary N) is 1. The monoisotopic (exact) mass is 314 g/mol. The van der Waals surface area contributed by atoms with Crippen molar-refractivity contribution in [2.75, 3.05) is 17.6 Å². The summed E-state index contributed by atoms with van der Waals surface area (Å²) in [5, 5.41) is 5.27. The van der Waals surface area contributed by atoms with E-state index >= 15 is 0 Å². The highest BCUT2D eigenvalue weighted by atomic mass is 35.5. The Morgan fingerprint density at radius 1 is 1.10 bits per heavy atom.